The van der Waals surface area contributed by atoms with Crippen molar-refractivity contribution in [3.63, 3.8) is 0 Å². The summed E-state index contributed by atoms with van der Waals surface area (Å²) < 4.78 is 5.91. The van der Waals surface area contributed by atoms with E-state index in [2.05, 4.69) is 16.0 Å². The van der Waals surface area contributed by atoms with E-state index in [-0.39, 0.29) is 31.1 Å². The number of benzene rings is 1. The number of anilines is 1. The molecule has 1 aliphatic carbocycles. The van der Waals surface area contributed by atoms with Crippen LogP contribution in [0, 0.1) is 0 Å². The minimum atomic E-state index is -0.723. The molecular weight excluding hydrogens is 396 g/mol. The Morgan fingerprint density at radius 3 is 2.52 bits per heavy atom. The van der Waals surface area contributed by atoms with E-state index in [1.165, 1.54) is 6.42 Å². The van der Waals surface area contributed by atoms with E-state index in [0.717, 1.165) is 44.2 Å². The quantitative estimate of drug-likeness (QED) is 0.618. The van der Waals surface area contributed by atoms with E-state index in [1.54, 1.807) is 11.0 Å². The summed E-state index contributed by atoms with van der Waals surface area (Å²) in [4.78, 5) is 39.3. The van der Waals surface area contributed by atoms with Crippen molar-refractivity contribution in [3.8, 4) is 5.75 Å². The Kier molecular flexibility index (Phi) is 8.14. The van der Waals surface area contributed by atoms with Gasteiger partial charge in [0.1, 0.15) is 5.75 Å². The first-order chi connectivity index (χ1) is 15.0. The van der Waals surface area contributed by atoms with Gasteiger partial charge < -0.3 is 20.3 Å². The van der Waals surface area contributed by atoms with Crippen LogP contribution < -0.4 is 25.6 Å². The maximum Gasteiger partial charge on any atom is 0.321 e. The van der Waals surface area contributed by atoms with Gasteiger partial charge in [0.15, 0.2) is 6.10 Å². The molecule has 8 heteroatoms. The van der Waals surface area contributed by atoms with E-state index in [0.29, 0.717) is 5.75 Å². The van der Waals surface area contributed by atoms with Crippen LogP contribution in [0.5, 0.6) is 5.75 Å². The highest BCUT2D eigenvalue weighted by Gasteiger charge is 2.32. The lowest BCUT2D eigenvalue weighted by Gasteiger charge is -2.35. The molecule has 3 N–H and O–H groups in total. The Labute approximate surface area is 184 Å². The van der Waals surface area contributed by atoms with Crippen LogP contribution in [-0.2, 0) is 9.59 Å². The molecule has 1 heterocycles. The summed E-state index contributed by atoms with van der Waals surface area (Å²) in [6.45, 7) is 4.26. The fraction of sp³-hybridized carbons (Fsp3) is 0.609. The normalized spacial score (nSPS) is 18.7. The van der Waals surface area contributed by atoms with Crippen LogP contribution >= 0.6 is 0 Å². The molecule has 1 unspecified atom stereocenters. The highest BCUT2D eigenvalue weighted by molar-refractivity contribution is 5.97. The van der Waals surface area contributed by atoms with Gasteiger partial charge in [0.05, 0.1) is 18.8 Å². The van der Waals surface area contributed by atoms with Crippen molar-refractivity contribution in [3.05, 3.63) is 24.3 Å². The second kappa shape index (κ2) is 11.0. The van der Waals surface area contributed by atoms with E-state index in [1.807, 2.05) is 32.0 Å². The predicted octanol–water partition coefficient (Wildman–Crippen LogP) is 2.72. The molecule has 3 rings (SSSR count). The molecule has 1 saturated carbocycles. The van der Waals surface area contributed by atoms with Crippen molar-refractivity contribution in [2.24, 2.45) is 0 Å². The first kappa shape index (κ1) is 22.9. The molecule has 0 aromatic heterocycles. The van der Waals surface area contributed by atoms with Gasteiger partial charge in [0.25, 0.3) is 5.91 Å². The fourth-order valence-corrected chi connectivity index (χ4v) is 4.19. The van der Waals surface area contributed by atoms with Gasteiger partial charge in [-0.1, -0.05) is 45.2 Å². The zero-order valence-corrected chi connectivity index (χ0v) is 18.5. The Bertz CT molecular complexity index is 775. The second-order valence-electron chi connectivity index (χ2n) is 8.33. The average Bonchev–Trinajstić information content (AvgIpc) is 2.77. The number of ether oxygens (including phenoxy) is 1. The third kappa shape index (κ3) is 6.35. The number of amides is 4. The van der Waals surface area contributed by atoms with Crippen molar-refractivity contribution in [1.29, 1.82) is 0 Å². The number of rotatable bonds is 7. The van der Waals surface area contributed by atoms with Crippen molar-refractivity contribution < 1.29 is 19.1 Å². The summed E-state index contributed by atoms with van der Waals surface area (Å²) in [6, 6.07) is 7.08. The molecule has 1 aliphatic heterocycles. The van der Waals surface area contributed by atoms with Gasteiger partial charge in [-0.25, -0.2) is 4.79 Å². The third-order valence-corrected chi connectivity index (χ3v) is 6.01. The van der Waals surface area contributed by atoms with Crippen LogP contribution in [-0.4, -0.2) is 49.1 Å². The van der Waals surface area contributed by atoms with Gasteiger partial charge in [0, 0.05) is 12.1 Å². The highest BCUT2D eigenvalue weighted by Crippen LogP contribution is 2.33. The molecule has 1 aromatic rings. The summed E-state index contributed by atoms with van der Waals surface area (Å²) in [5.41, 5.74) is 0.733. The molecule has 1 aromatic carbocycles. The standard InChI is InChI=1S/C23H34N4O4/c1-3-16(4-2)24-22(29)20-14-27(18-12-8-9-13-19(18)31-20)15-21(28)26-23(30)25-17-10-6-5-7-11-17/h8-9,12-13,16-17,20H,3-7,10-11,14-15H2,1-2H3,(H,24,29)(H2,25,26,28,30). The van der Waals surface area contributed by atoms with Crippen molar-refractivity contribution in [1.82, 2.24) is 16.0 Å². The second-order valence-corrected chi connectivity index (χ2v) is 8.33. The molecule has 170 valence electrons. The Morgan fingerprint density at radius 1 is 1.10 bits per heavy atom. The monoisotopic (exact) mass is 430 g/mol. The van der Waals surface area contributed by atoms with Crippen LogP contribution in [0.25, 0.3) is 0 Å². The lowest BCUT2D eigenvalue weighted by Crippen LogP contribution is -2.54. The Hall–Kier alpha value is -2.77. The topological polar surface area (TPSA) is 99.8 Å². The number of fused-ring (bicyclic) bond motifs is 1. The minimum Gasteiger partial charge on any atom is -0.477 e. The SMILES string of the molecule is CCC(CC)NC(=O)C1CN(CC(=O)NC(=O)NC2CCCCC2)c2ccccc2O1. The van der Waals surface area contributed by atoms with Gasteiger partial charge in [-0.05, 0) is 37.8 Å². The first-order valence-electron chi connectivity index (χ1n) is 11.4. The summed E-state index contributed by atoms with van der Waals surface area (Å²) in [7, 11) is 0. The Balaban J connectivity index is 1.61. The maximum absolute atomic E-state index is 12.7. The molecule has 4 amide bonds. The largest absolute Gasteiger partial charge is 0.477 e. The summed E-state index contributed by atoms with van der Waals surface area (Å²) in [5.74, 6) is -0.0503. The number of carbonyl (C=O) groups is 3. The van der Waals surface area contributed by atoms with E-state index >= 15 is 0 Å². The van der Waals surface area contributed by atoms with E-state index < -0.39 is 18.0 Å². The van der Waals surface area contributed by atoms with Crippen molar-refractivity contribution in [2.75, 3.05) is 18.0 Å². The smallest absolute Gasteiger partial charge is 0.321 e. The van der Waals surface area contributed by atoms with Crippen LogP contribution in [0.2, 0.25) is 0 Å². The summed E-state index contributed by atoms with van der Waals surface area (Å²) in [5, 5.41) is 8.33. The van der Waals surface area contributed by atoms with Crippen LogP contribution in [0.15, 0.2) is 24.3 Å². The number of hydrogen-bond donors (Lipinski definition) is 3. The molecule has 2 aliphatic rings. The van der Waals surface area contributed by atoms with Gasteiger partial charge >= 0.3 is 6.03 Å². The molecule has 1 fully saturated rings. The number of nitrogens with one attached hydrogen (secondary N) is 3. The highest BCUT2D eigenvalue weighted by atomic mass is 16.5. The van der Waals surface area contributed by atoms with Gasteiger partial charge in [-0.2, -0.15) is 0 Å². The average molecular weight is 431 g/mol. The minimum absolute atomic E-state index is 0.0345. The lowest BCUT2D eigenvalue weighted by molar-refractivity contribution is -0.129. The van der Waals surface area contributed by atoms with Crippen LogP contribution in [0.3, 0.4) is 0 Å². The first-order valence-corrected chi connectivity index (χ1v) is 11.4. The summed E-state index contributed by atoms with van der Waals surface area (Å²) >= 11 is 0. The molecule has 1 atom stereocenters. The number of nitrogens with zero attached hydrogens (tertiary/aromatic N) is 1. The molecule has 0 radical (unpaired) electrons. The maximum atomic E-state index is 12.7. The van der Waals surface area contributed by atoms with Gasteiger partial charge in [-0.15, -0.1) is 0 Å². The number of imide groups is 1. The molecular formula is C23H34N4O4. The number of hydrogen-bond acceptors (Lipinski definition) is 5. The van der Waals surface area contributed by atoms with Crippen molar-refractivity contribution >= 4 is 23.5 Å². The van der Waals surface area contributed by atoms with Crippen LogP contribution in [0.1, 0.15) is 58.8 Å². The molecule has 0 spiro atoms. The van der Waals surface area contributed by atoms with E-state index in [9.17, 15) is 14.4 Å². The molecule has 31 heavy (non-hydrogen) atoms. The lowest BCUT2D eigenvalue weighted by atomic mass is 9.96. The summed E-state index contributed by atoms with van der Waals surface area (Å²) in [6.07, 6.45) is 6.26. The van der Waals surface area contributed by atoms with Gasteiger partial charge in [0.2, 0.25) is 5.91 Å². The molecule has 0 bridgehead atoms. The Morgan fingerprint density at radius 2 is 1.81 bits per heavy atom. The van der Waals surface area contributed by atoms with E-state index in [4.69, 9.17) is 4.74 Å². The van der Waals surface area contributed by atoms with Crippen LogP contribution in [0.4, 0.5) is 10.5 Å². The van der Waals surface area contributed by atoms with Crippen molar-refractivity contribution in [2.45, 2.75) is 77.0 Å². The zero-order chi connectivity index (χ0) is 22.2. The molecule has 8 nitrogen and oxygen atoms in total. The number of urea groups is 1. The predicted molar refractivity (Wildman–Crippen MR) is 119 cm³/mol. The molecule has 0 saturated heterocycles. The zero-order valence-electron chi connectivity index (χ0n) is 18.5. The number of para-hydroxylation sites is 2. The fourth-order valence-electron chi connectivity index (χ4n) is 4.19. The number of carbonyl (C=O) groups excluding carboxylic acids is 3. The van der Waals surface area contributed by atoms with Gasteiger partial charge in [-0.3, -0.25) is 14.9 Å². The third-order valence-electron chi connectivity index (χ3n) is 6.01.